The van der Waals surface area contributed by atoms with Crippen LogP contribution in [-0.2, 0) is 12.4 Å². The van der Waals surface area contributed by atoms with Gasteiger partial charge in [0, 0.05) is 0 Å². The van der Waals surface area contributed by atoms with Crippen molar-refractivity contribution in [1.82, 2.24) is 9.55 Å². The average Bonchev–Trinajstić information content (AvgIpc) is 2.98. The minimum Gasteiger partial charge on any atom is -0.322 e. The zero-order valence-corrected chi connectivity index (χ0v) is 11.0. The summed E-state index contributed by atoms with van der Waals surface area (Å²) in [7, 11) is 0. The van der Waals surface area contributed by atoms with E-state index in [4.69, 9.17) is 11.6 Å². The van der Waals surface area contributed by atoms with Gasteiger partial charge in [0.15, 0.2) is 0 Å². The molecule has 92 valence electrons. The molecule has 0 fully saturated rings. The Balaban J connectivity index is 2.15. The summed E-state index contributed by atoms with van der Waals surface area (Å²) in [6.45, 7) is 0.672. The van der Waals surface area contributed by atoms with E-state index < -0.39 is 0 Å². The van der Waals surface area contributed by atoms with Gasteiger partial charge in [-0.3, -0.25) is 0 Å². The van der Waals surface area contributed by atoms with E-state index in [1.165, 1.54) is 17.7 Å². The maximum absolute atomic E-state index is 13.3. The average molecular weight is 281 g/mol. The molecule has 0 aliphatic heterocycles. The molecule has 0 aliphatic rings. The highest BCUT2D eigenvalue weighted by molar-refractivity contribution is 7.07. The van der Waals surface area contributed by atoms with Gasteiger partial charge in [0.25, 0.3) is 0 Å². The summed E-state index contributed by atoms with van der Waals surface area (Å²) in [5, 5.41) is 4.10. The van der Waals surface area contributed by atoms with E-state index >= 15 is 0 Å². The molecule has 0 bridgehead atoms. The highest BCUT2D eigenvalue weighted by atomic mass is 35.5. The zero-order chi connectivity index (χ0) is 12.5. The second-order valence-corrected chi connectivity index (χ2v) is 5.06. The van der Waals surface area contributed by atoms with E-state index in [0.29, 0.717) is 12.4 Å². The normalized spacial score (nSPS) is 11.2. The van der Waals surface area contributed by atoms with Gasteiger partial charge < -0.3 is 4.57 Å². The third kappa shape index (κ3) is 2.02. The Kier molecular flexibility index (Phi) is 3.06. The lowest BCUT2D eigenvalue weighted by Crippen LogP contribution is -2.03. The van der Waals surface area contributed by atoms with E-state index in [9.17, 15) is 4.39 Å². The fraction of sp³-hybridized carbons (Fsp3) is 0.154. The number of rotatable bonds is 3. The topological polar surface area (TPSA) is 17.8 Å². The summed E-state index contributed by atoms with van der Waals surface area (Å²) in [5.41, 5.74) is 2.74. The number of fused-ring (bicyclic) bond motifs is 1. The number of alkyl halides is 1. The van der Waals surface area contributed by atoms with Crippen LogP contribution in [0.15, 0.2) is 35.0 Å². The molecule has 2 heterocycles. The second kappa shape index (κ2) is 4.71. The maximum Gasteiger partial charge on any atom is 0.125 e. The zero-order valence-electron chi connectivity index (χ0n) is 9.44. The Hall–Kier alpha value is -1.39. The van der Waals surface area contributed by atoms with Crippen LogP contribution in [0.3, 0.4) is 0 Å². The Bertz CT molecular complexity index is 676. The lowest BCUT2D eigenvalue weighted by Gasteiger charge is -2.06. The highest BCUT2D eigenvalue weighted by Gasteiger charge is 2.11. The first-order chi connectivity index (χ1) is 8.78. The van der Waals surface area contributed by atoms with Crippen molar-refractivity contribution in [3.05, 3.63) is 52.2 Å². The van der Waals surface area contributed by atoms with Gasteiger partial charge in [-0.15, -0.1) is 11.6 Å². The monoisotopic (exact) mass is 280 g/mol. The molecular weight excluding hydrogens is 271 g/mol. The largest absolute Gasteiger partial charge is 0.322 e. The standard InChI is InChI=1S/C13H10ClFN2S/c14-6-13-16-11-2-1-10(15)5-12(11)17(13)7-9-3-4-18-8-9/h1-5,8H,6-7H2. The van der Waals surface area contributed by atoms with Crippen LogP contribution in [0, 0.1) is 5.82 Å². The van der Waals surface area contributed by atoms with Gasteiger partial charge in [-0.25, -0.2) is 9.37 Å². The number of aromatic nitrogens is 2. The number of imidazole rings is 1. The van der Waals surface area contributed by atoms with Gasteiger partial charge in [-0.2, -0.15) is 11.3 Å². The molecule has 0 atom stereocenters. The summed E-state index contributed by atoms with van der Waals surface area (Å²) in [5.74, 6) is 0.832. The first kappa shape index (κ1) is 11.7. The van der Waals surface area contributed by atoms with Crippen LogP contribution in [0.5, 0.6) is 0 Å². The summed E-state index contributed by atoms with van der Waals surface area (Å²) < 4.78 is 15.3. The van der Waals surface area contributed by atoms with Gasteiger partial charge in [-0.05, 0) is 40.6 Å². The Morgan fingerprint density at radius 3 is 2.94 bits per heavy atom. The Morgan fingerprint density at radius 2 is 2.22 bits per heavy atom. The smallest absolute Gasteiger partial charge is 0.125 e. The van der Waals surface area contributed by atoms with Gasteiger partial charge in [0.2, 0.25) is 0 Å². The number of halogens is 2. The summed E-state index contributed by atoms with van der Waals surface area (Å²) >= 11 is 7.55. The SMILES string of the molecule is Fc1ccc2nc(CCl)n(Cc3ccsc3)c2c1. The van der Waals surface area contributed by atoms with Crippen molar-refractivity contribution in [1.29, 1.82) is 0 Å². The summed E-state index contributed by atoms with van der Waals surface area (Å²) in [6.07, 6.45) is 0. The molecule has 0 saturated carbocycles. The lowest BCUT2D eigenvalue weighted by atomic mass is 10.3. The third-order valence-corrected chi connectivity index (χ3v) is 3.80. The molecule has 0 amide bonds. The molecule has 0 spiro atoms. The predicted molar refractivity (Wildman–Crippen MR) is 72.7 cm³/mol. The fourth-order valence-corrected chi connectivity index (χ4v) is 2.85. The van der Waals surface area contributed by atoms with Crippen LogP contribution in [0.4, 0.5) is 4.39 Å². The van der Waals surface area contributed by atoms with Crippen molar-refractivity contribution >= 4 is 34.0 Å². The van der Waals surface area contributed by atoms with Crippen molar-refractivity contribution in [2.45, 2.75) is 12.4 Å². The number of thiophene rings is 1. The van der Waals surface area contributed by atoms with Crippen molar-refractivity contribution < 1.29 is 4.39 Å². The van der Waals surface area contributed by atoms with Crippen molar-refractivity contribution in [3.63, 3.8) is 0 Å². The minimum absolute atomic E-state index is 0.255. The molecule has 3 aromatic rings. The van der Waals surface area contributed by atoms with Gasteiger partial charge in [0.05, 0.1) is 23.5 Å². The molecule has 1 aromatic carbocycles. The summed E-state index contributed by atoms with van der Waals surface area (Å²) in [6, 6.07) is 6.66. The molecule has 5 heteroatoms. The van der Waals surface area contributed by atoms with Gasteiger partial charge >= 0.3 is 0 Å². The molecular formula is C13H10ClFN2S. The molecule has 18 heavy (non-hydrogen) atoms. The second-order valence-electron chi connectivity index (χ2n) is 4.01. The molecule has 2 aromatic heterocycles. The highest BCUT2D eigenvalue weighted by Crippen LogP contribution is 2.21. The predicted octanol–water partition coefficient (Wildman–Crippen LogP) is 4.02. The number of benzene rings is 1. The molecule has 0 unspecified atom stereocenters. The molecule has 0 N–H and O–H groups in total. The van der Waals surface area contributed by atoms with Crippen molar-refractivity contribution in [3.8, 4) is 0 Å². The van der Waals surface area contributed by atoms with Crippen LogP contribution < -0.4 is 0 Å². The number of hydrogen-bond acceptors (Lipinski definition) is 2. The summed E-state index contributed by atoms with van der Waals surface area (Å²) in [4.78, 5) is 4.42. The van der Waals surface area contributed by atoms with Crippen LogP contribution in [-0.4, -0.2) is 9.55 Å². The van der Waals surface area contributed by atoms with Crippen molar-refractivity contribution in [2.75, 3.05) is 0 Å². The first-order valence-electron chi connectivity index (χ1n) is 5.49. The minimum atomic E-state index is -0.255. The van der Waals surface area contributed by atoms with E-state index in [2.05, 4.69) is 10.4 Å². The maximum atomic E-state index is 13.3. The molecule has 2 nitrogen and oxygen atoms in total. The van der Waals surface area contributed by atoms with Gasteiger partial charge in [0.1, 0.15) is 11.6 Å². The van der Waals surface area contributed by atoms with Crippen LogP contribution in [0.1, 0.15) is 11.4 Å². The Labute approximate surface area is 113 Å². The molecule has 0 radical (unpaired) electrons. The molecule has 0 saturated heterocycles. The lowest BCUT2D eigenvalue weighted by molar-refractivity contribution is 0.628. The molecule has 3 rings (SSSR count). The van der Waals surface area contributed by atoms with E-state index in [-0.39, 0.29) is 5.82 Å². The van der Waals surface area contributed by atoms with Crippen LogP contribution >= 0.6 is 22.9 Å². The quantitative estimate of drug-likeness (QED) is 0.663. The van der Waals surface area contributed by atoms with Crippen molar-refractivity contribution in [2.24, 2.45) is 0 Å². The number of nitrogens with zero attached hydrogens (tertiary/aromatic N) is 2. The first-order valence-corrected chi connectivity index (χ1v) is 6.97. The fourth-order valence-electron chi connectivity index (χ4n) is 1.99. The van der Waals surface area contributed by atoms with E-state index in [0.717, 1.165) is 16.9 Å². The van der Waals surface area contributed by atoms with Crippen LogP contribution in [0.2, 0.25) is 0 Å². The van der Waals surface area contributed by atoms with E-state index in [1.54, 1.807) is 17.4 Å². The van der Waals surface area contributed by atoms with Gasteiger partial charge in [-0.1, -0.05) is 0 Å². The third-order valence-electron chi connectivity index (χ3n) is 2.83. The van der Waals surface area contributed by atoms with Crippen LogP contribution in [0.25, 0.3) is 11.0 Å². The van der Waals surface area contributed by atoms with E-state index in [1.807, 2.05) is 16.0 Å². The molecule has 0 aliphatic carbocycles. The Morgan fingerprint density at radius 1 is 1.33 bits per heavy atom. The number of hydrogen-bond donors (Lipinski definition) is 0.